The van der Waals surface area contributed by atoms with E-state index in [-0.39, 0.29) is 11.2 Å². The van der Waals surface area contributed by atoms with E-state index in [1.54, 1.807) is 12.1 Å². The van der Waals surface area contributed by atoms with Crippen molar-refractivity contribution in [3.8, 4) is 11.5 Å². The fraction of sp³-hybridized carbons (Fsp3) is 0.455. The van der Waals surface area contributed by atoms with Gasteiger partial charge in [-0.05, 0) is 18.9 Å². The Morgan fingerprint density at radius 3 is 2.67 bits per heavy atom. The van der Waals surface area contributed by atoms with Crippen molar-refractivity contribution in [3.05, 3.63) is 22.7 Å². The van der Waals surface area contributed by atoms with Crippen LogP contribution in [0.15, 0.2) is 12.1 Å². The van der Waals surface area contributed by atoms with E-state index in [0.29, 0.717) is 17.3 Å². The lowest BCUT2D eigenvalue weighted by molar-refractivity contribution is 0.405. The minimum Gasteiger partial charge on any atom is -0.508 e. The Morgan fingerprint density at radius 1 is 1.53 bits per heavy atom. The lowest BCUT2D eigenvalue weighted by atomic mass is 9.95. The quantitative estimate of drug-likeness (QED) is 0.831. The molecular formula is C11H14ClNO2. The molecule has 0 spiro atoms. The van der Waals surface area contributed by atoms with Crippen molar-refractivity contribution in [3.63, 3.8) is 0 Å². The monoisotopic (exact) mass is 227 g/mol. The first-order valence-corrected chi connectivity index (χ1v) is 5.28. The molecule has 0 unspecified atom stereocenters. The lowest BCUT2D eigenvalue weighted by Gasteiger charge is -2.16. The van der Waals surface area contributed by atoms with Crippen LogP contribution >= 0.6 is 11.6 Å². The largest absolute Gasteiger partial charge is 0.508 e. The van der Waals surface area contributed by atoms with Crippen LogP contribution in [0.5, 0.6) is 11.5 Å². The molecule has 1 saturated carbocycles. The highest BCUT2D eigenvalue weighted by Gasteiger charge is 2.45. The van der Waals surface area contributed by atoms with E-state index < -0.39 is 0 Å². The normalized spacial score (nSPS) is 17.5. The molecule has 0 radical (unpaired) electrons. The zero-order chi connectivity index (χ0) is 11.1. The predicted molar refractivity (Wildman–Crippen MR) is 59.6 cm³/mol. The Bertz CT molecular complexity index is 388. The van der Waals surface area contributed by atoms with Gasteiger partial charge in [0.15, 0.2) is 0 Å². The van der Waals surface area contributed by atoms with E-state index in [9.17, 15) is 5.11 Å². The Kier molecular flexibility index (Phi) is 2.52. The molecule has 3 nitrogen and oxygen atoms in total. The molecular weight excluding hydrogens is 214 g/mol. The summed E-state index contributed by atoms with van der Waals surface area (Å²) in [6.07, 6.45) is 2.03. The van der Waals surface area contributed by atoms with E-state index >= 15 is 0 Å². The highest BCUT2D eigenvalue weighted by atomic mass is 35.5. The summed E-state index contributed by atoms with van der Waals surface area (Å²) < 4.78 is 5.02. The zero-order valence-corrected chi connectivity index (χ0v) is 9.34. The van der Waals surface area contributed by atoms with Gasteiger partial charge in [0.05, 0.1) is 12.1 Å². The molecule has 0 heterocycles. The second-order valence-electron chi connectivity index (χ2n) is 3.99. The first-order chi connectivity index (χ1) is 7.13. The predicted octanol–water partition coefficient (Wildman–Crippen LogP) is 2.04. The summed E-state index contributed by atoms with van der Waals surface area (Å²) in [7, 11) is 1.52. The fourth-order valence-electron chi connectivity index (χ4n) is 1.86. The second-order valence-corrected chi connectivity index (χ2v) is 4.40. The number of rotatable bonds is 3. The van der Waals surface area contributed by atoms with Gasteiger partial charge in [-0.25, -0.2) is 0 Å². The summed E-state index contributed by atoms with van der Waals surface area (Å²) in [6, 6.07) is 3.31. The van der Waals surface area contributed by atoms with Crippen LogP contribution in [0.2, 0.25) is 5.02 Å². The topological polar surface area (TPSA) is 55.5 Å². The van der Waals surface area contributed by atoms with Crippen molar-refractivity contribution < 1.29 is 9.84 Å². The summed E-state index contributed by atoms with van der Waals surface area (Å²) in [5.74, 6) is 0.713. The molecule has 1 aromatic carbocycles. The number of aromatic hydroxyl groups is 1. The molecule has 0 bridgehead atoms. The third kappa shape index (κ3) is 1.66. The Morgan fingerprint density at radius 2 is 2.20 bits per heavy atom. The average Bonchev–Trinajstić information content (AvgIpc) is 3.01. The molecule has 82 valence electrons. The molecule has 0 aliphatic heterocycles. The number of phenolic OH excluding ortho intramolecular Hbond substituents is 1. The number of hydrogen-bond donors (Lipinski definition) is 2. The molecule has 0 saturated heterocycles. The zero-order valence-electron chi connectivity index (χ0n) is 8.59. The third-order valence-electron chi connectivity index (χ3n) is 3.09. The fourth-order valence-corrected chi connectivity index (χ4v) is 2.10. The Hall–Kier alpha value is -0.930. The van der Waals surface area contributed by atoms with Crippen LogP contribution < -0.4 is 10.5 Å². The molecule has 3 N–H and O–H groups in total. The van der Waals surface area contributed by atoms with Crippen molar-refractivity contribution >= 4 is 11.6 Å². The van der Waals surface area contributed by atoms with E-state index in [1.165, 1.54) is 7.11 Å². The molecule has 15 heavy (non-hydrogen) atoms. The maximum absolute atomic E-state index is 9.86. The third-order valence-corrected chi connectivity index (χ3v) is 3.38. The van der Waals surface area contributed by atoms with Crippen molar-refractivity contribution in [2.24, 2.45) is 5.73 Å². The van der Waals surface area contributed by atoms with Gasteiger partial charge >= 0.3 is 0 Å². The van der Waals surface area contributed by atoms with Crippen LogP contribution in [0.4, 0.5) is 0 Å². The van der Waals surface area contributed by atoms with Gasteiger partial charge in [-0.2, -0.15) is 0 Å². The molecule has 0 amide bonds. The standard InChI is InChI=1S/C11H14ClNO2/c1-15-10-5-9(14)7(4-8(10)12)11(6-13)2-3-11/h4-5,14H,2-3,6,13H2,1H3. The number of phenols is 1. The summed E-state index contributed by atoms with van der Waals surface area (Å²) in [5.41, 5.74) is 6.49. The summed E-state index contributed by atoms with van der Waals surface area (Å²) >= 11 is 6.02. The number of benzene rings is 1. The minimum absolute atomic E-state index is 0.0556. The number of halogens is 1. The number of hydrogen-bond acceptors (Lipinski definition) is 3. The molecule has 1 aliphatic rings. The lowest BCUT2D eigenvalue weighted by Crippen LogP contribution is -2.19. The van der Waals surface area contributed by atoms with Gasteiger partial charge in [-0.15, -0.1) is 0 Å². The van der Waals surface area contributed by atoms with Gasteiger partial charge in [0, 0.05) is 23.6 Å². The molecule has 1 fully saturated rings. The van der Waals surface area contributed by atoms with Gasteiger partial charge in [0.25, 0.3) is 0 Å². The van der Waals surface area contributed by atoms with Crippen LogP contribution in [-0.4, -0.2) is 18.8 Å². The molecule has 4 heteroatoms. The Labute approximate surface area is 93.8 Å². The van der Waals surface area contributed by atoms with E-state index in [0.717, 1.165) is 18.4 Å². The maximum Gasteiger partial charge on any atom is 0.141 e. The molecule has 1 aromatic rings. The van der Waals surface area contributed by atoms with Gasteiger partial charge in [-0.1, -0.05) is 11.6 Å². The molecule has 1 aliphatic carbocycles. The SMILES string of the molecule is COc1cc(O)c(C2(CN)CC2)cc1Cl. The first kappa shape index (κ1) is 10.6. The van der Waals surface area contributed by atoms with Crippen LogP contribution in [0.1, 0.15) is 18.4 Å². The van der Waals surface area contributed by atoms with Gasteiger partial charge < -0.3 is 15.6 Å². The van der Waals surface area contributed by atoms with Gasteiger partial charge in [-0.3, -0.25) is 0 Å². The van der Waals surface area contributed by atoms with Gasteiger partial charge in [0.2, 0.25) is 0 Å². The second kappa shape index (κ2) is 3.58. The minimum atomic E-state index is -0.0556. The maximum atomic E-state index is 9.86. The first-order valence-electron chi connectivity index (χ1n) is 4.90. The molecule has 0 atom stereocenters. The van der Waals surface area contributed by atoms with Crippen molar-refractivity contribution in [2.75, 3.05) is 13.7 Å². The van der Waals surface area contributed by atoms with Crippen LogP contribution in [-0.2, 0) is 5.41 Å². The van der Waals surface area contributed by atoms with Crippen molar-refractivity contribution in [1.29, 1.82) is 0 Å². The summed E-state index contributed by atoms with van der Waals surface area (Å²) in [6.45, 7) is 0.545. The highest BCUT2D eigenvalue weighted by molar-refractivity contribution is 6.32. The molecule has 2 rings (SSSR count). The average molecular weight is 228 g/mol. The van der Waals surface area contributed by atoms with Crippen LogP contribution in [0.3, 0.4) is 0 Å². The van der Waals surface area contributed by atoms with E-state index in [1.807, 2.05) is 0 Å². The summed E-state index contributed by atoms with van der Waals surface area (Å²) in [4.78, 5) is 0. The van der Waals surface area contributed by atoms with Crippen LogP contribution in [0.25, 0.3) is 0 Å². The van der Waals surface area contributed by atoms with Crippen molar-refractivity contribution in [1.82, 2.24) is 0 Å². The Balaban J connectivity index is 2.45. The van der Waals surface area contributed by atoms with Crippen molar-refractivity contribution in [2.45, 2.75) is 18.3 Å². The number of nitrogens with two attached hydrogens (primary N) is 1. The van der Waals surface area contributed by atoms with E-state index in [4.69, 9.17) is 22.1 Å². The van der Waals surface area contributed by atoms with Crippen LogP contribution in [0, 0.1) is 0 Å². The van der Waals surface area contributed by atoms with Gasteiger partial charge in [0.1, 0.15) is 11.5 Å². The highest BCUT2D eigenvalue weighted by Crippen LogP contribution is 2.51. The smallest absolute Gasteiger partial charge is 0.141 e. The number of ether oxygens (including phenoxy) is 1. The van der Waals surface area contributed by atoms with E-state index in [2.05, 4.69) is 0 Å². The number of methoxy groups -OCH3 is 1. The summed E-state index contributed by atoms with van der Waals surface area (Å²) in [5, 5.41) is 10.4. The molecule has 0 aromatic heterocycles.